The molecular weight excluding hydrogens is 154 g/mol. The first-order valence-corrected chi connectivity index (χ1v) is 2.81. The Morgan fingerprint density at radius 3 is 2.00 bits per heavy atom. The summed E-state index contributed by atoms with van der Waals surface area (Å²) < 4.78 is 0. The minimum atomic E-state index is -1.92. The number of hydrogen-bond donors (Lipinski definition) is 4. The summed E-state index contributed by atoms with van der Waals surface area (Å²) in [7, 11) is 0. The second-order valence-corrected chi connectivity index (χ2v) is 1.98. The molecule has 6 heteroatoms. The van der Waals surface area contributed by atoms with Gasteiger partial charge in [0.25, 0.3) is 5.91 Å². The molecule has 0 aliphatic rings. The van der Waals surface area contributed by atoms with Crippen LogP contribution in [-0.4, -0.2) is 39.3 Å². The Morgan fingerprint density at radius 2 is 1.73 bits per heavy atom. The van der Waals surface area contributed by atoms with Crippen LogP contribution < -0.4 is 5.48 Å². The van der Waals surface area contributed by atoms with Crippen molar-refractivity contribution >= 4 is 11.7 Å². The molecule has 0 fully saturated rings. The van der Waals surface area contributed by atoms with Gasteiger partial charge in [0.1, 0.15) is 6.10 Å². The van der Waals surface area contributed by atoms with Gasteiger partial charge in [0, 0.05) is 0 Å². The zero-order chi connectivity index (χ0) is 9.02. The number of nitrogens with one attached hydrogen (secondary N) is 1. The van der Waals surface area contributed by atoms with E-state index in [4.69, 9.17) is 15.4 Å². The number of amides is 1. The highest BCUT2D eigenvalue weighted by atomic mass is 16.5. The van der Waals surface area contributed by atoms with E-state index >= 15 is 0 Å². The molecule has 0 spiro atoms. The lowest BCUT2D eigenvalue weighted by atomic mass is 10.1. The van der Waals surface area contributed by atoms with Crippen LogP contribution >= 0.6 is 0 Å². The summed E-state index contributed by atoms with van der Waals surface area (Å²) >= 11 is 0. The predicted octanol–water partition coefficient (Wildman–Crippen LogP) is -2.20. The molecule has 0 unspecified atom stereocenters. The van der Waals surface area contributed by atoms with Gasteiger partial charge in [-0.2, -0.15) is 0 Å². The van der Waals surface area contributed by atoms with E-state index in [2.05, 4.69) is 0 Å². The normalized spacial score (nSPS) is 15.3. The van der Waals surface area contributed by atoms with Crippen molar-refractivity contribution in [1.29, 1.82) is 0 Å². The van der Waals surface area contributed by atoms with Crippen molar-refractivity contribution in [1.82, 2.24) is 5.48 Å². The summed E-state index contributed by atoms with van der Waals surface area (Å²) in [5.41, 5.74) is 1.10. The van der Waals surface area contributed by atoms with Crippen molar-refractivity contribution in [3.63, 3.8) is 0 Å². The molecule has 0 saturated carbocycles. The van der Waals surface area contributed by atoms with Crippen molar-refractivity contribution < 1.29 is 25.0 Å². The summed E-state index contributed by atoms with van der Waals surface area (Å²) in [6.45, 7) is 1.01. The van der Waals surface area contributed by atoms with E-state index in [1.54, 1.807) is 0 Å². The molecule has 6 nitrogen and oxygen atoms in total. The molecule has 0 aromatic heterocycles. The lowest BCUT2D eigenvalue weighted by Gasteiger charge is -2.11. The first-order valence-electron chi connectivity index (χ1n) is 2.81. The molecule has 0 saturated heterocycles. The van der Waals surface area contributed by atoms with Gasteiger partial charge in [0.2, 0.25) is 0 Å². The van der Waals surface area contributed by atoms with E-state index in [-0.39, 0.29) is 0 Å². The van der Waals surface area contributed by atoms with Crippen LogP contribution in [0, 0.1) is 0 Å². The highest BCUT2D eigenvalue weighted by Crippen LogP contribution is 1.94. The van der Waals surface area contributed by atoms with Crippen LogP contribution in [0.2, 0.25) is 0 Å². The summed E-state index contributed by atoms with van der Waals surface area (Å²) in [6.07, 6.45) is -3.71. The number of hydrogen-bond acceptors (Lipinski definition) is 5. The molecule has 1 amide bonds. The molecule has 0 aliphatic heterocycles. The zero-order valence-corrected chi connectivity index (χ0v) is 5.81. The van der Waals surface area contributed by atoms with Gasteiger partial charge >= 0.3 is 0 Å². The quantitative estimate of drug-likeness (QED) is 0.279. The number of hydroxylamine groups is 1. The molecule has 0 rings (SSSR count). The molecule has 0 radical (unpaired) electrons. The molecular formula is C5H9NO5. The minimum Gasteiger partial charge on any atom is -0.382 e. The molecule has 64 valence electrons. The Labute approximate surface area is 62.4 Å². The average molecular weight is 163 g/mol. The lowest BCUT2D eigenvalue weighted by molar-refractivity contribution is -0.149. The van der Waals surface area contributed by atoms with Gasteiger partial charge in [0.05, 0.1) is 0 Å². The van der Waals surface area contributed by atoms with Crippen LogP contribution in [0.4, 0.5) is 0 Å². The maximum absolute atomic E-state index is 10.3. The number of Topliss-reactive ketones (excluding diaryl/α,β-unsaturated/α-hetero) is 1. The molecule has 0 bridgehead atoms. The lowest BCUT2D eigenvalue weighted by Crippen LogP contribution is -2.43. The Morgan fingerprint density at radius 1 is 1.27 bits per heavy atom. The average Bonchev–Trinajstić information content (AvgIpc) is 2.00. The third kappa shape index (κ3) is 2.62. The second-order valence-electron chi connectivity index (χ2n) is 1.98. The number of rotatable bonds is 3. The van der Waals surface area contributed by atoms with Crippen molar-refractivity contribution in [2.24, 2.45) is 0 Å². The fourth-order valence-electron chi connectivity index (χ4n) is 0.432. The predicted molar refractivity (Wildman–Crippen MR) is 32.6 cm³/mol. The molecule has 0 aromatic carbocycles. The fraction of sp³-hybridized carbons (Fsp3) is 0.600. The van der Waals surface area contributed by atoms with Gasteiger partial charge < -0.3 is 10.2 Å². The number of aliphatic hydroxyl groups excluding tert-OH is 2. The Hall–Kier alpha value is -0.980. The minimum absolute atomic E-state index is 0.749. The van der Waals surface area contributed by atoms with Gasteiger partial charge in [-0.05, 0) is 6.92 Å². The highest BCUT2D eigenvalue weighted by molar-refractivity contribution is 5.89. The monoisotopic (exact) mass is 163 g/mol. The third-order valence-corrected chi connectivity index (χ3v) is 1.09. The van der Waals surface area contributed by atoms with E-state index in [9.17, 15) is 9.59 Å². The van der Waals surface area contributed by atoms with Crippen molar-refractivity contribution in [2.45, 2.75) is 19.1 Å². The number of carbonyl (C=O) groups excluding carboxylic acids is 2. The first-order chi connectivity index (χ1) is 5.00. The summed E-state index contributed by atoms with van der Waals surface area (Å²) in [4.78, 5) is 20.7. The van der Waals surface area contributed by atoms with Crippen molar-refractivity contribution in [3.05, 3.63) is 0 Å². The molecule has 4 N–H and O–H groups in total. The third-order valence-electron chi connectivity index (χ3n) is 1.09. The standard InChI is InChI=1S/C5H9NO5/c1-2(7)3(8)4(9)5(10)6-11/h3-4,8-9,11H,1H3,(H,6,10)/t3-,4+/m0/s1. The molecule has 11 heavy (non-hydrogen) atoms. The van der Waals surface area contributed by atoms with Crippen LogP contribution in [0.5, 0.6) is 0 Å². The Bertz CT molecular complexity index is 168. The maximum Gasteiger partial charge on any atom is 0.275 e. The molecule has 0 aliphatic carbocycles. The first kappa shape index (κ1) is 10.0. The fourth-order valence-corrected chi connectivity index (χ4v) is 0.432. The van der Waals surface area contributed by atoms with Crippen LogP contribution in [0.25, 0.3) is 0 Å². The van der Waals surface area contributed by atoms with E-state index in [0.29, 0.717) is 0 Å². The summed E-state index contributed by atoms with van der Waals surface area (Å²) in [6, 6.07) is 0. The van der Waals surface area contributed by atoms with Gasteiger partial charge in [-0.3, -0.25) is 14.8 Å². The van der Waals surface area contributed by atoms with Crippen LogP contribution in [0.3, 0.4) is 0 Å². The SMILES string of the molecule is CC(=O)[C@H](O)[C@@H](O)C(=O)NO. The number of aliphatic hydroxyl groups is 2. The number of carbonyl (C=O) groups is 2. The maximum atomic E-state index is 10.3. The second kappa shape index (κ2) is 4.02. The van der Waals surface area contributed by atoms with E-state index < -0.39 is 23.9 Å². The van der Waals surface area contributed by atoms with Crippen LogP contribution in [0.15, 0.2) is 0 Å². The van der Waals surface area contributed by atoms with Crippen molar-refractivity contribution in [3.8, 4) is 0 Å². The molecule has 0 aromatic rings. The van der Waals surface area contributed by atoms with Crippen LogP contribution in [0.1, 0.15) is 6.92 Å². The van der Waals surface area contributed by atoms with Crippen molar-refractivity contribution in [2.75, 3.05) is 0 Å². The van der Waals surface area contributed by atoms with E-state index in [0.717, 1.165) is 12.4 Å². The van der Waals surface area contributed by atoms with Gasteiger partial charge in [-0.25, -0.2) is 5.48 Å². The molecule has 2 atom stereocenters. The number of ketones is 1. The largest absolute Gasteiger partial charge is 0.382 e. The van der Waals surface area contributed by atoms with Crippen LogP contribution in [-0.2, 0) is 9.59 Å². The zero-order valence-electron chi connectivity index (χ0n) is 5.81. The van der Waals surface area contributed by atoms with Gasteiger partial charge in [-0.1, -0.05) is 0 Å². The summed E-state index contributed by atoms with van der Waals surface area (Å²) in [5.74, 6) is -1.96. The molecule has 0 heterocycles. The smallest absolute Gasteiger partial charge is 0.275 e. The Balaban J connectivity index is 4.12. The Kier molecular flexibility index (Phi) is 3.66. The van der Waals surface area contributed by atoms with E-state index in [1.165, 1.54) is 0 Å². The highest BCUT2D eigenvalue weighted by Gasteiger charge is 2.26. The van der Waals surface area contributed by atoms with E-state index in [1.807, 2.05) is 0 Å². The van der Waals surface area contributed by atoms with Gasteiger partial charge in [0.15, 0.2) is 11.9 Å². The summed E-state index contributed by atoms with van der Waals surface area (Å²) in [5, 5.41) is 25.4. The topological polar surface area (TPSA) is 107 Å². The van der Waals surface area contributed by atoms with Gasteiger partial charge in [-0.15, -0.1) is 0 Å².